The van der Waals surface area contributed by atoms with Crippen molar-refractivity contribution in [3.8, 4) is 0 Å². The number of hydrogen-bond donors (Lipinski definition) is 0. The molecule has 0 unspecified atom stereocenters. The molecule has 0 amide bonds. The minimum Gasteiger partial charge on any atom is -0.220 e. The Hall–Kier alpha value is -0.340. The Kier molecular flexibility index (Phi) is 4.65. The molecule has 0 aliphatic rings. The molecule has 4 nitrogen and oxygen atoms in total. The highest BCUT2D eigenvalue weighted by atomic mass is 32.2. The first kappa shape index (κ1) is 12.7. The molecule has 0 aliphatic heterocycles. The van der Waals surface area contributed by atoms with Crippen molar-refractivity contribution in [2.24, 2.45) is 0 Å². The zero-order valence-electron chi connectivity index (χ0n) is 6.80. The molecule has 80 valence electrons. The molecule has 0 aromatic heterocycles. The van der Waals surface area contributed by atoms with Crippen molar-refractivity contribution in [3.05, 3.63) is 0 Å². The van der Waals surface area contributed by atoms with Gasteiger partial charge in [-0.15, -0.1) is 0 Å². The van der Waals surface area contributed by atoms with Crippen molar-refractivity contribution < 1.29 is 30.8 Å². The van der Waals surface area contributed by atoms with Gasteiger partial charge in [-0.25, -0.2) is 4.89 Å². The summed E-state index contributed by atoms with van der Waals surface area (Å²) in [6.45, 7) is 1.58. The van der Waals surface area contributed by atoms with E-state index < -0.39 is 15.6 Å². The van der Waals surface area contributed by atoms with Gasteiger partial charge in [0.05, 0.1) is 6.61 Å². The third-order valence-electron chi connectivity index (χ3n) is 1.00. The smallest absolute Gasteiger partial charge is 0.220 e. The Labute approximate surface area is 73.7 Å². The first-order valence-corrected chi connectivity index (χ1v) is 4.84. The summed E-state index contributed by atoms with van der Waals surface area (Å²) in [6.07, 6.45) is 1.09. The van der Waals surface area contributed by atoms with E-state index in [1.807, 2.05) is 0 Å². The van der Waals surface area contributed by atoms with Crippen LogP contribution < -0.4 is 0 Å². The summed E-state index contributed by atoms with van der Waals surface area (Å²) in [5.41, 5.74) is -5.43. The topological polar surface area (TPSA) is 52.6 Å². The molecule has 0 atom stereocenters. The molecule has 0 radical (unpaired) electrons. The van der Waals surface area contributed by atoms with Gasteiger partial charge in [0.2, 0.25) is 0 Å². The Bertz CT molecular complexity index is 233. The van der Waals surface area contributed by atoms with Crippen LogP contribution in [-0.4, -0.2) is 20.5 Å². The molecule has 0 N–H and O–H groups in total. The van der Waals surface area contributed by atoms with Crippen LogP contribution in [0.2, 0.25) is 0 Å². The third kappa shape index (κ3) is 4.44. The molecular formula is C5H9F3O4S. The molecule has 0 aliphatic carbocycles. The summed E-state index contributed by atoms with van der Waals surface area (Å²) in [7, 11) is -5.60. The van der Waals surface area contributed by atoms with Gasteiger partial charge < -0.3 is 0 Å². The van der Waals surface area contributed by atoms with Crippen LogP contribution in [0.25, 0.3) is 0 Å². The second kappa shape index (κ2) is 4.77. The van der Waals surface area contributed by atoms with Crippen LogP contribution in [0.15, 0.2) is 0 Å². The number of unbranched alkanes of at least 4 members (excludes halogenated alkanes) is 1. The molecular weight excluding hydrogens is 213 g/mol. The lowest BCUT2D eigenvalue weighted by atomic mass is 10.4. The van der Waals surface area contributed by atoms with Crippen molar-refractivity contribution in [2.45, 2.75) is 25.3 Å². The van der Waals surface area contributed by atoms with Gasteiger partial charge in [0.25, 0.3) is 0 Å². The van der Waals surface area contributed by atoms with Crippen molar-refractivity contribution in [3.63, 3.8) is 0 Å². The highest BCUT2D eigenvalue weighted by Crippen LogP contribution is 2.24. The zero-order chi connectivity index (χ0) is 10.5. The lowest BCUT2D eigenvalue weighted by molar-refractivity contribution is -0.215. The molecule has 0 saturated heterocycles. The summed E-state index contributed by atoms with van der Waals surface area (Å²) < 4.78 is 58.2. The average Bonchev–Trinajstić information content (AvgIpc) is 1.96. The van der Waals surface area contributed by atoms with E-state index in [0.29, 0.717) is 12.8 Å². The lowest BCUT2D eigenvalue weighted by Gasteiger charge is -2.06. The van der Waals surface area contributed by atoms with Crippen LogP contribution in [0.1, 0.15) is 19.8 Å². The molecule has 0 aromatic rings. The fourth-order valence-electron chi connectivity index (χ4n) is 0.339. The monoisotopic (exact) mass is 222 g/mol. The molecule has 0 heterocycles. The van der Waals surface area contributed by atoms with Gasteiger partial charge in [-0.1, -0.05) is 17.7 Å². The van der Waals surface area contributed by atoms with Gasteiger partial charge in [0, 0.05) is 0 Å². The van der Waals surface area contributed by atoms with Crippen LogP contribution >= 0.6 is 0 Å². The summed E-state index contributed by atoms with van der Waals surface area (Å²) in [5.74, 6) is 0. The largest absolute Gasteiger partial charge is 0.525 e. The normalized spacial score (nSPS) is 13.2. The minimum absolute atomic E-state index is 0.189. The van der Waals surface area contributed by atoms with Crippen LogP contribution in [0.4, 0.5) is 13.2 Å². The predicted molar refractivity (Wildman–Crippen MR) is 36.9 cm³/mol. The third-order valence-corrected chi connectivity index (χ3v) is 1.84. The summed E-state index contributed by atoms with van der Waals surface area (Å²) in [5, 5.41) is 0. The number of alkyl halides is 3. The van der Waals surface area contributed by atoms with E-state index >= 15 is 0 Å². The van der Waals surface area contributed by atoms with Crippen LogP contribution in [-0.2, 0) is 19.3 Å². The van der Waals surface area contributed by atoms with E-state index in [9.17, 15) is 21.6 Å². The van der Waals surface area contributed by atoms with Crippen LogP contribution in [0, 0.1) is 0 Å². The molecule has 0 rings (SSSR count). The molecule has 0 saturated carbocycles. The summed E-state index contributed by atoms with van der Waals surface area (Å²) in [6, 6.07) is 0. The molecule has 0 bridgehead atoms. The highest BCUT2D eigenvalue weighted by Gasteiger charge is 2.48. The van der Waals surface area contributed by atoms with Crippen LogP contribution in [0.3, 0.4) is 0 Å². The molecule has 8 heteroatoms. The summed E-state index contributed by atoms with van der Waals surface area (Å²) in [4.78, 5) is 3.86. The van der Waals surface area contributed by atoms with Gasteiger partial charge >= 0.3 is 15.6 Å². The quantitative estimate of drug-likeness (QED) is 0.307. The second-order valence-electron chi connectivity index (χ2n) is 2.14. The van der Waals surface area contributed by atoms with Crippen molar-refractivity contribution >= 4 is 10.1 Å². The Morgan fingerprint density at radius 3 is 2.23 bits per heavy atom. The van der Waals surface area contributed by atoms with E-state index in [-0.39, 0.29) is 6.61 Å². The Balaban J connectivity index is 3.92. The van der Waals surface area contributed by atoms with E-state index in [1.54, 1.807) is 6.92 Å². The average molecular weight is 222 g/mol. The Morgan fingerprint density at radius 2 is 1.85 bits per heavy atom. The molecule has 13 heavy (non-hydrogen) atoms. The molecule has 0 spiro atoms. The number of hydrogen-bond acceptors (Lipinski definition) is 4. The first-order valence-electron chi connectivity index (χ1n) is 3.43. The molecule has 0 aromatic carbocycles. The van der Waals surface area contributed by atoms with Gasteiger partial charge in [0.15, 0.2) is 0 Å². The zero-order valence-corrected chi connectivity index (χ0v) is 7.61. The van der Waals surface area contributed by atoms with E-state index in [1.165, 1.54) is 0 Å². The van der Waals surface area contributed by atoms with Gasteiger partial charge in [-0.05, 0) is 6.42 Å². The van der Waals surface area contributed by atoms with Gasteiger partial charge in [0.1, 0.15) is 0 Å². The highest BCUT2D eigenvalue weighted by molar-refractivity contribution is 7.87. The standard InChI is InChI=1S/C5H9F3O4S/c1-2-3-4-11-12-13(9,10)5(6,7)8/h2-4H2,1H3. The molecule has 0 fully saturated rings. The maximum Gasteiger partial charge on any atom is 0.525 e. The fourth-order valence-corrected chi connectivity index (χ4v) is 0.611. The van der Waals surface area contributed by atoms with Gasteiger partial charge in [-0.2, -0.15) is 21.6 Å². The van der Waals surface area contributed by atoms with Gasteiger partial charge in [-0.3, -0.25) is 0 Å². The van der Waals surface area contributed by atoms with Crippen LogP contribution in [0.5, 0.6) is 0 Å². The van der Waals surface area contributed by atoms with Crippen molar-refractivity contribution in [2.75, 3.05) is 6.61 Å². The van der Waals surface area contributed by atoms with E-state index in [0.717, 1.165) is 0 Å². The predicted octanol–water partition coefficient (Wildman–Crippen LogP) is 1.58. The number of halogens is 3. The fraction of sp³-hybridized carbons (Fsp3) is 1.00. The van der Waals surface area contributed by atoms with E-state index in [4.69, 9.17) is 0 Å². The Morgan fingerprint density at radius 1 is 1.31 bits per heavy atom. The van der Waals surface area contributed by atoms with Crippen molar-refractivity contribution in [1.29, 1.82) is 0 Å². The maximum absolute atomic E-state index is 11.5. The first-order chi connectivity index (χ1) is 5.81. The summed E-state index contributed by atoms with van der Waals surface area (Å²) >= 11 is 0. The maximum atomic E-state index is 11.5. The minimum atomic E-state index is -5.60. The lowest BCUT2D eigenvalue weighted by Crippen LogP contribution is -2.25. The van der Waals surface area contributed by atoms with Crippen molar-refractivity contribution in [1.82, 2.24) is 0 Å². The SMILES string of the molecule is CCCCOOS(=O)(=O)C(F)(F)F. The second-order valence-corrected chi connectivity index (χ2v) is 3.65. The number of rotatable bonds is 5. The van der Waals surface area contributed by atoms with E-state index in [2.05, 4.69) is 9.22 Å².